The number of benzene rings is 2. The molecule has 0 atom stereocenters. The van der Waals surface area contributed by atoms with Crippen LogP contribution in [-0.4, -0.2) is 18.7 Å². The van der Waals surface area contributed by atoms with Crippen molar-refractivity contribution in [3.63, 3.8) is 0 Å². The monoisotopic (exact) mass is 365 g/mol. The molecule has 0 bridgehead atoms. The molecule has 0 radical (unpaired) electrons. The van der Waals surface area contributed by atoms with E-state index in [2.05, 4.69) is 31.8 Å². The maximum atomic E-state index is 11.6. The van der Waals surface area contributed by atoms with Crippen molar-refractivity contribution in [3.8, 4) is 0 Å². The zero-order chi connectivity index (χ0) is 15.1. The number of rotatable bonds is 5. The Kier molecular flexibility index (Phi) is 5.78. The first-order chi connectivity index (χ1) is 10.1. The van der Waals surface area contributed by atoms with Crippen LogP contribution in [0.25, 0.3) is 0 Å². The van der Waals surface area contributed by atoms with Gasteiger partial charge in [0.05, 0.1) is 12.8 Å². The van der Waals surface area contributed by atoms with Crippen molar-refractivity contribution < 1.29 is 4.79 Å². The van der Waals surface area contributed by atoms with Gasteiger partial charge in [0.2, 0.25) is 0 Å². The van der Waals surface area contributed by atoms with E-state index >= 15 is 0 Å². The molecule has 0 heterocycles. The lowest BCUT2D eigenvalue weighted by Crippen LogP contribution is -2.25. The standard InChI is InChI=1S/C15H13BrClN3O/c16-12-4-2-6-14(8-12)18-10-15(21)20-19-9-11-3-1-5-13(17)7-11/h1-9,18H,10H2,(H,20,21). The van der Waals surface area contributed by atoms with Crippen LogP contribution in [0.4, 0.5) is 5.69 Å². The van der Waals surface area contributed by atoms with Gasteiger partial charge in [-0.2, -0.15) is 5.10 Å². The third kappa shape index (κ3) is 5.57. The SMILES string of the molecule is O=C(CNc1cccc(Br)c1)NN=Cc1cccc(Cl)c1. The summed E-state index contributed by atoms with van der Waals surface area (Å²) in [5.41, 5.74) is 4.13. The highest BCUT2D eigenvalue weighted by Crippen LogP contribution is 2.15. The van der Waals surface area contributed by atoms with Crippen LogP contribution >= 0.6 is 27.5 Å². The van der Waals surface area contributed by atoms with E-state index in [1.165, 1.54) is 0 Å². The minimum absolute atomic E-state index is 0.142. The van der Waals surface area contributed by atoms with Gasteiger partial charge in [-0.3, -0.25) is 4.79 Å². The quantitative estimate of drug-likeness (QED) is 0.627. The third-order valence-corrected chi connectivity index (χ3v) is 3.26. The van der Waals surface area contributed by atoms with Crippen LogP contribution in [0.2, 0.25) is 5.02 Å². The van der Waals surface area contributed by atoms with Crippen molar-refractivity contribution in [3.05, 3.63) is 63.6 Å². The number of carbonyl (C=O) groups is 1. The Morgan fingerprint density at radius 1 is 1.24 bits per heavy atom. The second kappa shape index (κ2) is 7.81. The van der Waals surface area contributed by atoms with Gasteiger partial charge in [0.1, 0.15) is 0 Å². The number of nitrogens with zero attached hydrogens (tertiary/aromatic N) is 1. The van der Waals surface area contributed by atoms with Crippen LogP contribution in [0.1, 0.15) is 5.56 Å². The van der Waals surface area contributed by atoms with Gasteiger partial charge in [-0.1, -0.05) is 45.7 Å². The van der Waals surface area contributed by atoms with E-state index in [9.17, 15) is 4.79 Å². The lowest BCUT2D eigenvalue weighted by molar-refractivity contribution is -0.119. The molecule has 0 aliphatic heterocycles. The van der Waals surface area contributed by atoms with Crippen LogP contribution in [-0.2, 0) is 4.79 Å². The molecule has 0 aliphatic rings. The number of nitrogens with one attached hydrogen (secondary N) is 2. The number of halogens is 2. The van der Waals surface area contributed by atoms with E-state index < -0.39 is 0 Å². The number of hydrogen-bond donors (Lipinski definition) is 2. The predicted octanol–water partition coefficient (Wildman–Crippen LogP) is 3.66. The minimum atomic E-state index is -0.228. The molecule has 0 saturated carbocycles. The summed E-state index contributed by atoms with van der Waals surface area (Å²) >= 11 is 9.22. The zero-order valence-electron chi connectivity index (χ0n) is 11.0. The summed E-state index contributed by atoms with van der Waals surface area (Å²) in [5, 5.41) is 7.51. The third-order valence-electron chi connectivity index (χ3n) is 2.53. The highest BCUT2D eigenvalue weighted by molar-refractivity contribution is 9.10. The van der Waals surface area contributed by atoms with Gasteiger partial charge in [-0.05, 0) is 35.9 Å². The number of carbonyl (C=O) groups excluding carboxylic acids is 1. The Morgan fingerprint density at radius 2 is 2.05 bits per heavy atom. The Hall–Kier alpha value is -1.85. The van der Waals surface area contributed by atoms with Gasteiger partial charge >= 0.3 is 0 Å². The normalized spacial score (nSPS) is 10.6. The molecular formula is C15H13BrClN3O. The topological polar surface area (TPSA) is 53.5 Å². The Bertz CT molecular complexity index is 661. The maximum absolute atomic E-state index is 11.6. The molecular weight excluding hydrogens is 354 g/mol. The van der Waals surface area contributed by atoms with Gasteiger partial charge in [-0.25, -0.2) is 5.43 Å². The molecule has 0 spiro atoms. The molecule has 0 aliphatic carbocycles. The second-order valence-corrected chi connectivity index (χ2v) is 5.56. The molecule has 2 N–H and O–H groups in total. The molecule has 0 unspecified atom stereocenters. The fraction of sp³-hybridized carbons (Fsp3) is 0.0667. The van der Waals surface area contributed by atoms with Crippen LogP contribution < -0.4 is 10.7 Å². The van der Waals surface area contributed by atoms with Gasteiger partial charge in [0.25, 0.3) is 5.91 Å². The molecule has 1 amide bonds. The first-order valence-electron chi connectivity index (χ1n) is 6.20. The molecule has 2 aromatic carbocycles. The van der Waals surface area contributed by atoms with E-state index in [0.29, 0.717) is 5.02 Å². The van der Waals surface area contributed by atoms with E-state index in [4.69, 9.17) is 11.6 Å². The molecule has 4 nitrogen and oxygen atoms in total. The zero-order valence-corrected chi connectivity index (χ0v) is 13.4. The average Bonchev–Trinajstić information content (AvgIpc) is 2.45. The first-order valence-corrected chi connectivity index (χ1v) is 7.37. The summed E-state index contributed by atoms with van der Waals surface area (Å²) < 4.78 is 0.951. The fourth-order valence-electron chi connectivity index (χ4n) is 1.59. The highest BCUT2D eigenvalue weighted by Gasteiger charge is 1.99. The number of hydrazone groups is 1. The summed E-state index contributed by atoms with van der Waals surface area (Å²) in [7, 11) is 0. The first kappa shape index (κ1) is 15.5. The average molecular weight is 367 g/mol. The molecule has 2 aromatic rings. The summed E-state index contributed by atoms with van der Waals surface area (Å²) in [4.78, 5) is 11.6. The summed E-state index contributed by atoms with van der Waals surface area (Å²) in [5.74, 6) is -0.228. The van der Waals surface area contributed by atoms with Crippen LogP contribution in [0.5, 0.6) is 0 Å². The van der Waals surface area contributed by atoms with E-state index in [-0.39, 0.29) is 12.5 Å². The lowest BCUT2D eigenvalue weighted by Gasteiger charge is -2.05. The van der Waals surface area contributed by atoms with E-state index in [1.54, 1.807) is 18.3 Å². The Balaban J connectivity index is 1.80. The Labute approximate surface area is 136 Å². The van der Waals surface area contributed by atoms with Crippen LogP contribution in [0.15, 0.2) is 58.1 Å². The van der Waals surface area contributed by atoms with Gasteiger partial charge in [0.15, 0.2) is 0 Å². The number of anilines is 1. The van der Waals surface area contributed by atoms with Crippen molar-refractivity contribution in [2.24, 2.45) is 5.10 Å². The summed E-state index contributed by atoms with van der Waals surface area (Å²) in [6, 6.07) is 14.8. The Morgan fingerprint density at radius 3 is 2.81 bits per heavy atom. The fourth-order valence-corrected chi connectivity index (χ4v) is 2.18. The van der Waals surface area contributed by atoms with Crippen molar-refractivity contribution in [2.75, 3.05) is 11.9 Å². The van der Waals surface area contributed by atoms with E-state index in [1.807, 2.05) is 36.4 Å². The molecule has 108 valence electrons. The largest absolute Gasteiger partial charge is 0.376 e. The molecule has 21 heavy (non-hydrogen) atoms. The molecule has 0 saturated heterocycles. The highest BCUT2D eigenvalue weighted by atomic mass is 79.9. The maximum Gasteiger partial charge on any atom is 0.259 e. The van der Waals surface area contributed by atoms with Crippen molar-refractivity contribution in [2.45, 2.75) is 0 Å². The van der Waals surface area contributed by atoms with Crippen molar-refractivity contribution >= 4 is 45.3 Å². The molecule has 6 heteroatoms. The smallest absolute Gasteiger partial charge is 0.259 e. The second-order valence-electron chi connectivity index (χ2n) is 4.21. The number of hydrogen-bond acceptors (Lipinski definition) is 3. The molecule has 0 fully saturated rings. The van der Waals surface area contributed by atoms with E-state index in [0.717, 1.165) is 15.7 Å². The van der Waals surface area contributed by atoms with Gasteiger partial charge in [0, 0.05) is 15.2 Å². The van der Waals surface area contributed by atoms with Crippen LogP contribution in [0.3, 0.4) is 0 Å². The minimum Gasteiger partial charge on any atom is -0.376 e. The number of amides is 1. The molecule has 0 aromatic heterocycles. The lowest BCUT2D eigenvalue weighted by atomic mass is 10.2. The van der Waals surface area contributed by atoms with Crippen molar-refractivity contribution in [1.29, 1.82) is 0 Å². The predicted molar refractivity (Wildman–Crippen MR) is 89.8 cm³/mol. The van der Waals surface area contributed by atoms with Gasteiger partial charge < -0.3 is 5.32 Å². The molecule has 2 rings (SSSR count). The summed E-state index contributed by atoms with van der Waals surface area (Å²) in [6.07, 6.45) is 1.54. The van der Waals surface area contributed by atoms with Crippen LogP contribution in [0, 0.1) is 0 Å². The van der Waals surface area contributed by atoms with Gasteiger partial charge in [-0.15, -0.1) is 0 Å². The van der Waals surface area contributed by atoms with Crippen molar-refractivity contribution in [1.82, 2.24) is 5.43 Å². The summed E-state index contributed by atoms with van der Waals surface area (Å²) in [6.45, 7) is 0.142.